The largest absolute Gasteiger partial charge is 0.379 e. The van der Waals surface area contributed by atoms with E-state index in [1.807, 2.05) is 0 Å². The van der Waals surface area contributed by atoms with Crippen LogP contribution in [-0.4, -0.2) is 12.1 Å². The number of nitrogens with one attached hydrogen (secondary N) is 2. The Morgan fingerprint density at radius 1 is 0.923 bits per heavy atom. The van der Waals surface area contributed by atoms with Crippen molar-refractivity contribution in [1.82, 2.24) is 0 Å². The Morgan fingerprint density at radius 2 is 1.46 bits per heavy atom. The molecule has 0 saturated heterocycles. The van der Waals surface area contributed by atoms with Gasteiger partial charge in [-0.1, -0.05) is 12.1 Å². The summed E-state index contributed by atoms with van der Waals surface area (Å²) in [4.78, 5) is 0. The van der Waals surface area contributed by atoms with Gasteiger partial charge < -0.3 is 10.6 Å². The maximum absolute atomic E-state index is 3.60. The Hall–Kier alpha value is -1.18. The van der Waals surface area contributed by atoms with E-state index in [0.717, 1.165) is 0 Å². The fourth-order valence-electron chi connectivity index (χ4n) is 2.44. The van der Waals surface area contributed by atoms with Crippen LogP contribution in [0.25, 0.3) is 0 Å². The molecular weight excluding hydrogens is 160 g/mol. The van der Waals surface area contributed by atoms with Crippen molar-refractivity contribution in [2.24, 2.45) is 0 Å². The van der Waals surface area contributed by atoms with Crippen molar-refractivity contribution < 1.29 is 0 Å². The third-order valence-electron chi connectivity index (χ3n) is 3.12. The lowest BCUT2D eigenvalue weighted by molar-refractivity contribution is 0.663. The quantitative estimate of drug-likeness (QED) is 0.631. The van der Waals surface area contributed by atoms with Crippen molar-refractivity contribution in [3.05, 3.63) is 24.3 Å². The van der Waals surface area contributed by atoms with Crippen molar-refractivity contribution >= 4 is 11.4 Å². The summed E-state index contributed by atoms with van der Waals surface area (Å²) in [7, 11) is 0. The van der Waals surface area contributed by atoms with Crippen LogP contribution in [0.3, 0.4) is 0 Å². The van der Waals surface area contributed by atoms with E-state index in [9.17, 15) is 0 Å². The summed E-state index contributed by atoms with van der Waals surface area (Å²) < 4.78 is 0. The van der Waals surface area contributed by atoms with Gasteiger partial charge in [-0.25, -0.2) is 0 Å². The zero-order valence-electron chi connectivity index (χ0n) is 7.59. The van der Waals surface area contributed by atoms with Crippen LogP contribution in [0.1, 0.15) is 19.3 Å². The fraction of sp³-hybridized carbons (Fsp3) is 0.455. The average molecular weight is 174 g/mol. The molecule has 0 spiro atoms. The van der Waals surface area contributed by atoms with Crippen LogP contribution in [0.5, 0.6) is 0 Å². The molecule has 2 aliphatic rings. The average Bonchev–Trinajstić information content (AvgIpc) is 2.61. The third-order valence-corrected chi connectivity index (χ3v) is 3.12. The van der Waals surface area contributed by atoms with Crippen molar-refractivity contribution in [2.45, 2.75) is 31.3 Å². The van der Waals surface area contributed by atoms with Gasteiger partial charge in [-0.05, 0) is 31.4 Å². The number of benzene rings is 1. The molecule has 0 bridgehead atoms. The predicted octanol–water partition coefficient (Wildman–Crippen LogP) is 2.45. The van der Waals surface area contributed by atoms with E-state index >= 15 is 0 Å². The molecule has 1 aromatic carbocycles. The lowest BCUT2D eigenvalue weighted by Crippen LogP contribution is -2.38. The van der Waals surface area contributed by atoms with E-state index in [1.165, 1.54) is 30.6 Å². The van der Waals surface area contributed by atoms with Gasteiger partial charge in [-0.15, -0.1) is 0 Å². The molecule has 3 rings (SSSR count). The molecule has 1 fully saturated rings. The van der Waals surface area contributed by atoms with Crippen LogP contribution in [-0.2, 0) is 0 Å². The van der Waals surface area contributed by atoms with Gasteiger partial charge in [0.1, 0.15) is 0 Å². The summed E-state index contributed by atoms with van der Waals surface area (Å²) in [6.07, 6.45) is 3.97. The molecule has 2 heteroatoms. The highest BCUT2D eigenvalue weighted by Crippen LogP contribution is 2.34. The molecule has 2 atom stereocenters. The van der Waals surface area contributed by atoms with E-state index in [2.05, 4.69) is 34.9 Å². The van der Waals surface area contributed by atoms with Gasteiger partial charge in [0.15, 0.2) is 0 Å². The second kappa shape index (κ2) is 2.66. The third kappa shape index (κ3) is 1.09. The summed E-state index contributed by atoms with van der Waals surface area (Å²) in [5, 5.41) is 7.19. The highest BCUT2D eigenvalue weighted by atomic mass is 15.1. The Labute approximate surface area is 78.3 Å². The standard InChI is InChI=1S/C11H14N2/c1-2-5-9-8(4-1)12-10-6-3-7-11(10)13-9/h1-2,4-5,10-13H,3,6-7H2/t10-,11+. The molecule has 1 aliphatic carbocycles. The van der Waals surface area contributed by atoms with Gasteiger partial charge in [0.05, 0.1) is 11.4 Å². The molecule has 1 aliphatic heterocycles. The van der Waals surface area contributed by atoms with Gasteiger partial charge in [0, 0.05) is 12.1 Å². The maximum Gasteiger partial charge on any atom is 0.0578 e. The molecule has 0 amide bonds. The summed E-state index contributed by atoms with van der Waals surface area (Å²) in [5.41, 5.74) is 2.54. The summed E-state index contributed by atoms with van der Waals surface area (Å²) in [6.45, 7) is 0. The number of rotatable bonds is 0. The highest BCUT2D eigenvalue weighted by molar-refractivity contribution is 5.72. The summed E-state index contributed by atoms with van der Waals surface area (Å²) >= 11 is 0. The van der Waals surface area contributed by atoms with Crippen LogP contribution in [0.4, 0.5) is 11.4 Å². The van der Waals surface area contributed by atoms with Crippen LogP contribution >= 0.6 is 0 Å². The van der Waals surface area contributed by atoms with E-state index in [0.29, 0.717) is 12.1 Å². The maximum atomic E-state index is 3.60. The normalized spacial score (nSPS) is 29.8. The molecule has 2 nitrogen and oxygen atoms in total. The fourth-order valence-corrected chi connectivity index (χ4v) is 2.44. The van der Waals surface area contributed by atoms with Crippen molar-refractivity contribution in [3.8, 4) is 0 Å². The predicted molar refractivity (Wildman–Crippen MR) is 55.1 cm³/mol. The van der Waals surface area contributed by atoms with Gasteiger partial charge >= 0.3 is 0 Å². The zero-order chi connectivity index (χ0) is 8.67. The molecule has 2 N–H and O–H groups in total. The van der Waals surface area contributed by atoms with E-state index in [4.69, 9.17) is 0 Å². The monoisotopic (exact) mass is 174 g/mol. The molecule has 0 unspecified atom stereocenters. The first-order valence-corrected chi connectivity index (χ1v) is 5.05. The van der Waals surface area contributed by atoms with Crippen molar-refractivity contribution in [1.29, 1.82) is 0 Å². The number of anilines is 2. The van der Waals surface area contributed by atoms with Crippen LogP contribution in [0.2, 0.25) is 0 Å². The van der Waals surface area contributed by atoms with E-state index in [1.54, 1.807) is 0 Å². The van der Waals surface area contributed by atoms with Gasteiger partial charge in [-0.3, -0.25) is 0 Å². The van der Waals surface area contributed by atoms with E-state index < -0.39 is 0 Å². The van der Waals surface area contributed by atoms with Crippen LogP contribution in [0.15, 0.2) is 24.3 Å². The second-order valence-corrected chi connectivity index (χ2v) is 3.98. The first-order chi connectivity index (χ1) is 6.43. The van der Waals surface area contributed by atoms with Crippen molar-refractivity contribution in [3.63, 3.8) is 0 Å². The highest BCUT2D eigenvalue weighted by Gasteiger charge is 2.30. The minimum absolute atomic E-state index is 0.662. The van der Waals surface area contributed by atoms with Crippen molar-refractivity contribution in [2.75, 3.05) is 10.6 Å². The Bertz CT molecular complexity index is 291. The molecule has 1 heterocycles. The van der Waals surface area contributed by atoms with Crippen LogP contribution < -0.4 is 10.6 Å². The topological polar surface area (TPSA) is 24.1 Å². The molecule has 0 aromatic heterocycles. The lowest BCUT2D eigenvalue weighted by atomic mass is 10.1. The van der Waals surface area contributed by atoms with Gasteiger partial charge in [0.25, 0.3) is 0 Å². The zero-order valence-corrected chi connectivity index (χ0v) is 7.59. The summed E-state index contributed by atoms with van der Waals surface area (Å²) in [6, 6.07) is 9.80. The molecular formula is C11H14N2. The number of para-hydroxylation sites is 2. The molecule has 68 valence electrons. The molecule has 13 heavy (non-hydrogen) atoms. The minimum Gasteiger partial charge on any atom is -0.379 e. The minimum atomic E-state index is 0.662. The first-order valence-electron chi connectivity index (χ1n) is 5.05. The molecule has 1 aromatic rings. The second-order valence-electron chi connectivity index (χ2n) is 3.98. The van der Waals surface area contributed by atoms with E-state index in [-0.39, 0.29) is 0 Å². The summed E-state index contributed by atoms with van der Waals surface area (Å²) in [5.74, 6) is 0. The Balaban J connectivity index is 1.97. The Kier molecular flexibility index (Phi) is 1.48. The number of hydrogen-bond acceptors (Lipinski definition) is 2. The molecule has 1 saturated carbocycles. The first kappa shape index (κ1) is 7.25. The SMILES string of the molecule is c1ccc2c(c1)N[C@H]1CCC[C@H]1N2. The van der Waals surface area contributed by atoms with Gasteiger partial charge in [-0.2, -0.15) is 0 Å². The van der Waals surface area contributed by atoms with Gasteiger partial charge in [0.2, 0.25) is 0 Å². The number of hydrogen-bond donors (Lipinski definition) is 2. The van der Waals surface area contributed by atoms with Crippen LogP contribution in [0, 0.1) is 0 Å². The Morgan fingerprint density at radius 3 is 2.00 bits per heavy atom. The lowest BCUT2D eigenvalue weighted by Gasteiger charge is -2.31. The molecule has 0 radical (unpaired) electrons. The number of fused-ring (bicyclic) bond motifs is 2. The smallest absolute Gasteiger partial charge is 0.0578 e.